The average molecular weight is 313 g/mol. The van der Waals surface area contributed by atoms with E-state index in [2.05, 4.69) is 5.32 Å². The Kier molecular flexibility index (Phi) is 7.15. The zero-order chi connectivity index (χ0) is 14.4. The third-order valence-corrected chi connectivity index (χ3v) is 3.97. The molecule has 0 atom stereocenters. The molecule has 0 aromatic heterocycles. The first kappa shape index (κ1) is 18.0. The Labute approximate surface area is 132 Å². The van der Waals surface area contributed by atoms with Crippen molar-refractivity contribution >= 4 is 18.3 Å². The molecule has 1 aliphatic carbocycles. The highest BCUT2D eigenvalue weighted by molar-refractivity contribution is 5.86. The highest BCUT2D eigenvalue weighted by atomic mass is 35.5. The van der Waals surface area contributed by atoms with Crippen LogP contribution in [-0.4, -0.2) is 18.1 Å². The predicted octanol–water partition coefficient (Wildman–Crippen LogP) is 2.53. The van der Waals surface area contributed by atoms with Crippen molar-refractivity contribution in [2.24, 2.45) is 5.73 Å². The third kappa shape index (κ3) is 4.70. The summed E-state index contributed by atoms with van der Waals surface area (Å²) >= 11 is 0. The fraction of sp³-hybridized carbons (Fsp3) is 0.562. The van der Waals surface area contributed by atoms with Gasteiger partial charge in [0.15, 0.2) is 0 Å². The molecule has 1 amide bonds. The Morgan fingerprint density at radius 2 is 1.90 bits per heavy atom. The van der Waals surface area contributed by atoms with Gasteiger partial charge in [-0.05, 0) is 30.9 Å². The summed E-state index contributed by atoms with van der Waals surface area (Å²) in [5.41, 5.74) is 7.70. The molecule has 0 radical (unpaired) electrons. The van der Waals surface area contributed by atoms with Crippen LogP contribution in [0.3, 0.4) is 0 Å². The monoisotopic (exact) mass is 312 g/mol. The number of hydrogen-bond donors (Lipinski definition) is 2. The second-order valence-corrected chi connectivity index (χ2v) is 5.45. The molecule has 3 N–H and O–H groups in total. The molecular weight excluding hydrogens is 288 g/mol. The van der Waals surface area contributed by atoms with Gasteiger partial charge in [0.05, 0.1) is 12.1 Å². The van der Waals surface area contributed by atoms with E-state index in [1.54, 1.807) is 0 Å². The number of nitrogens with two attached hydrogens (primary N) is 1. The van der Waals surface area contributed by atoms with Crippen molar-refractivity contribution in [1.29, 1.82) is 0 Å². The first-order valence-electron chi connectivity index (χ1n) is 7.37. The van der Waals surface area contributed by atoms with Crippen LogP contribution in [0.1, 0.15) is 43.7 Å². The van der Waals surface area contributed by atoms with E-state index < -0.39 is 5.54 Å². The summed E-state index contributed by atoms with van der Waals surface area (Å²) in [4.78, 5) is 12.2. The van der Waals surface area contributed by atoms with Crippen molar-refractivity contribution in [2.75, 3.05) is 6.61 Å². The highest BCUT2D eigenvalue weighted by Gasteiger charge is 2.36. The first-order chi connectivity index (χ1) is 9.65. The molecule has 0 bridgehead atoms. The molecule has 0 unspecified atom stereocenters. The summed E-state index contributed by atoms with van der Waals surface area (Å²) in [6.07, 6.45) is 3.68. The Hall–Kier alpha value is -1.10. The molecule has 0 saturated heterocycles. The number of benzene rings is 1. The minimum absolute atomic E-state index is 0. The lowest BCUT2D eigenvalue weighted by Gasteiger charge is -2.22. The summed E-state index contributed by atoms with van der Waals surface area (Å²) in [6.45, 7) is 3.76. The van der Waals surface area contributed by atoms with Crippen molar-refractivity contribution in [1.82, 2.24) is 5.32 Å². The molecular formula is C16H25ClN2O2. The Morgan fingerprint density at radius 3 is 2.52 bits per heavy atom. The topological polar surface area (TPSA) is 64.3 Å². The van der Waals surface area contributed by atoms with Crippen LogP contribution in [0, 0.1) is 0 Å². The molecule has 0 heterocycles. The van der Waals surface area contributed by atoms with Crippen LogP contribution in [0.5, 0.6) is 0 Å². The molecule has 1 aromatic carbocycles. The molecule has 5 heteroatoms. The minimum atomic E-state index is -0.658. The van der Waals surface area contributed by atoms with Gasteiger partial charge < -0.3 is 15.8 Å². The van der Waals surface area contributed by atoms with E-state index in [1.165, 1.54) is 0 Å². The number of nitrogens with one attached hydrogen (secondary N) is 1. The fourth-order valence-corrected chi connectivity index (χ4v) is 2.67. The zero-order valence-electron chi connectivity index (χ0n) is 12.6. The highest BCUT2D eigenvalue weighted by Crippen LogP contribution is 2.27. The molecule has 4 nitrogen and oxygen atoms in total. The average Bonchev–Trinajstić information content (AvgIpc) is 2.91. The number of rotatable bonds is 6. The van der Waals surface area contributed by atoms with E-state index in [0.29, 0.717) is 19.8 Å². The maximum absolute atomic E-state index is 12.2. The van der Waals surface area contributed by atoms with E-state index in [-0.39, 0.29) is 18.3 Å². The molecule has 1 saturated carbocycles. The normalized spacial score (nSPS) is 16.3. The lowest BCUT2D eigenvalue weighted by Crippen LogP contribution is -2.51. The van der Waals surface area contributed by atoms with Crippen molar-refractivity contribution < 1.29 is 9.53 Å². The maximum atomic E-state index is 12.2. The van der Waals surface area contributed by atoms with Gasteiger partial charge in [0.2, 0.25) is 5.91 Å². The summed E-state index contributed by atoms with van der Waals surface area (Å²) in [6, 6.07) is 8.02. The van der Waals surface area contributed by atoms with Crippen molar-refractivity contribution in [3.63, 3.8) is 0 Å². The van der Waals surface area contributed by atoms with Crippen LogP contribution in [0.2, 0.25) is 0 Å². The van der Waals surface area contributed by atoms with Gasteiger partial charge in [0.25, 0.3) is 0 Å². The summed E-state index contributed by atoms with van der Waals surface area (Å²) < 4.78 is 5.45. The molecule has 1 fully saturated rings. The zero-order valence-corrected chi connectivity index (χ0v) is 13.4. The van der Waals surface area contributed by atoms with Crippen LogP contribution < -0.4 is 11.1 Å². The Balaban J connectivity index is 0.00000220. The maximum Gasteiger partial charge on any atom is 0.240 e. The Bertz CT molecular complexity index is 459. The second-order valence-electron chi connectivity index (χ2n) is 5.45. The van der Waals surface area contributed by atoms with E-state index in [1.807, 2.05) is 31.2 Å². The largest absolute Gasteiger partial charge is 0.377 e. The number of ether oxygens (including phenoxy) is 1. The van der Waals surface area contributed by atoms with Gasteiger partial charge >= 0.3 is 0 Å². The number of carbonyl (C=O) groups is 1. The van der Waals surface area contributed by atoms with E-state index >= 15 is 0 Å². The van der Waals surface area contributed by atoms with Crippen LogP contribution in [0.25, 0.3) is 0 Å². The van der Waals surface area contributed by atoms with Gasteiger partial charge in [-0.2, -0.15) is 0 Å². The summed E-state index contributed by atoms with van der Waals surface area (Å²) in [5, 5.41) is 2.98. The number of carbonyl (C=O) groups excluding carboxylic acids is 1. The SMILES string of the molecule is CCOCc1ccccc1CNC(=O)C1(N)CCCC1.Cl. The molecule has 0 spiro atoms. The number of amides is 1. The first-order valence-corrected chi connectivity index (χ1v) is 7.37. The standard InChI is InChI=1S/C16H24N2O2.ClH/c1-2-20-12-14-8-4-3-7-13(14)11-18-15(19)16(17)9-5-6-10-16;/h3-4,7-8H,2,5-6,9-12,17H2,1H3,(H,18,19);1H. The Morgan fingerprint density at radius 1 is 1.29 bits per heavy atom. The van der Waals surface area contributed by atoms with E-state index in [9.17, 15) is 4.79 Å². The van der Waals surface area contributed by atoms with E-state index in [4.69, 9.17) is 10.5 Å². The van der Waals surface area contributed by atoms with Crippen molar-refractivity contribution in [3.8, 4) is 0 Å². The lowest BCUT2D eigenvalue weighted by molar-refractivity contribution is -0.126. The molecule has 21 heavy (non-hydrogen) atoms. The fourth-order valence-electron chi connectivity index (χ4n) is 2.67. The van der Waals surface area contributed by atoms with Gasteiger partial charge in [-0.3, -0.25) is 4.79 Å². The number of hydrogen-bond acceptors (Lipinski definition) is 3. The number of halogens is 1. The lowest BCUT2D eigenvalue weighted by atomic mass is 9.98. The van der Waals surface area contributed by atoms with Gasteiger partial charge in [-0.25, -0.2) is 0 Å². The van der Waals surface area contributed by atoms with Gasteiger partial charge in [0, 0.05) is 13.2 Å². The summed E-state index contributed by atoms with van der Waals surface area (Å²) in [7, 11) is 0. The summed E-state index contributed by atoms with van der Waals surface area (Å²) in [5.74, 6) is -0.0267. The van der Waals surface area contributed by atoms with Gasteiger partial charge in [-0.15, -0.1) is 12.4 Å². The van der Waals surface area contributed by atoms with E-state index in [0.717, 1.165) is 36.8 Å². The van der Waals surface area contributed by atoms with Crippen LogP contribution in [0.15, 0.2) is 24.3 Å². The third-order valence-electron chi connectivity index (χ3n) is 3.97. The molecule has 0 aliphatic heterocycles. The minimum Gasteiger partial charge on any atom is -0.377 e. The molecule has 2 rings (SSSR count). The molecule has 1 aromatic rings. The van der Waals surface area contributed by atoms with Crippen molar-refractivity contribution in [2.45, 2.75) is 51.3 Å². The van der Waals surface area contributed by atoms with Gasteiger partial charge in [0.1, 0.15) is 0 Å². The second kappa shape index (κ2) is 8.37. The van der Waals surface area contributed by atoms with Crippen LogP contribution >= 0.6 is 12.4 Å². The quantitative estimate of drug-likeness (QED) is 0.848. The van der Waals surface area contributed by atoms with Crippen LogP contribution in [-0.2, 0) is 22.7 Å². The van der Waals surface area contributed by atoms with Crippen LogP contribution in [0.4, 0.5) is 0 Å². The predicted molar refractivity (Wildman–Crippen MR) is 86.3 cm³/mol. The smallest absolute Gasteiger partial charge is 0.240 e. The molecule has 118 valence electrons. The van der Waals surface area contributed by atoms with Gasteiger partial charge in [-0.1, -0.05) is 37.1 Å². The van der Waals surface area contributed by atoms with Crippen molar-refractivity contribution in [3.05, 3.63) is 35.4 Å². The molecule has 1 aliphatic rings.